The van der Waals surface area contributed by atoms with Gasteiger partial charge >= 0.3 is 5.97 Å². The molecule has 3 aromatic rings. The summed E-state index contributed by atoms with van der Waals surface area (Å²) in [5.41, 5.74) is 3.74. The first-order valence-electron chi connectivity index (χ1n) is 10.7. The molecule has 33 heavy (non-hydrogen) atoms. The third-order valence-electron chi connectivity index (χ3n) is 4.75. The molecule has 0 unspecified atom stereocenters. The number of benzene rings is 1. The van der Waals surface area contributed by atoms with Gasteiger partial charge in [-0.1, -0.05) is 30.7 Å². The van der Waals surface area contributed by atoms with Gasteiger partial charge in [0.2, 0.25) is 5.88 Å². The number of aryl methyl sites for hydroxylation is 1. The second-order valence-electron chi connectivity index (χ2n) is 7.16. The van der Waals surface area contributed by atoms with Crippen molar-refractivity contribution in [2.75, 3.05) is 11.9 Å². The number of H-pyrrole nitrogens is 1. The lowest BCUT2D eigenvalue weighted by molar-refractivity contribution is -0.142. The molecule has 0 aliphatic rings. The molecule has 0 aliphatic carbocycles. The lowest BCUT2D eigenvalue weighted by atomic mass is 10.1. The fourth-order valence-electron chi connectivity index (χ4n) is 3.19. The topological polar surface area (TPSA) is 93.3 Å². The molecule has 0 bridgehead atoms. The molecular formula is C25H26ClN3O4. The number of allylic oxidation sites excluding steroid dienone is 1. The van der Waals surface area contributed by atoms with Crippen molar-refractivity contribution in [3.05, 3.63) is 76.2 Å². The molecule has 172 valence electrons. The van der Waals surface area contributed by atoms with Gasteiger partial charge in [0.25, 0.3) is 5.91 Å². The summed E-state index contributed by atoms with van der Waals surface area (Å²) in [5, 5.41) is 3.17. The smallest absolute Gasteiger partial charge is 0.310 e. The van der Waals surface area contributed by atoms with E-state index in [1.807, 2.05) is 32.1 Å². The van der Waals surface area contributed by atoms with Gasteiger partial charge < -0.3 is 19.8 Å². The van der Waals surface area contributed by atoms with Crippen LogP contribution in [0.4, 0.5) is 5.69 Å². The number of hydrogen-bond donors (Lipinski definition) is 2. The van der Waals surface area contributed by atoms with Gasteiger partial charge in [0, 0.05) is 11.8 Å². The minimum absolute atomic E-state index is 0.136. The summed E-state index contributed by atoms with van der Waals surface area (Å²) in [6.45, 7) is 6.06. The summed E-state index contributed by atoms with van der Waals surface area (Å²) in [6.07, 6.45) is 6.33. The SMILES string of the molecule is C/C=C\c1[nH]c(C(=O)Nc2ccc(Oc3ccc(CC(=O)OCC)cc3Cl)nc2)cc1CC. The Morgan fingerprint density at radius 2 is 2.00 bits per heavy atom. The summed E-state index contributed by atoms with van der Waals surface area (Å²) in [4.78, 5) is 31.6. The van der Waals surface area contributed by atoms with E-state index < -0.39 is 0 Å². The molecular weight excluding hydrogens is 442 g/mol. The van der Waals surface area contributed by atoms with Crippen molar-refractivity contribution in [1.82, 2.24) is 9.97 Å². The van der Waals surface area contributed by atoms with Crippen LogP contribution in [0.15, 0.2) is 48.7 Å². The van der Waals surface area contributed by atoms with Gasteiger partial charge in [-0.2, -0.15) is 0 Å². The maximum absolute atomic E-state index is 12.6. The van der Waals surface area contributed by atoms with Gasteiger partial charge in [-0.05, 0) is 61.7 Å². The molecule has 2 aromatic heterocycles. The predicted molar refractivity (Wildman–Crippen MR) is 129 cm³/mol. The second-order valence-corrected chi connectivity index (χ2v) is 7.57. The number of halogens is 1. The fourth-order valence-corrected chi connectivity index (χ4v) is 3.43. The van der Waals surface area contributed by atoms with E-state index in [0.717, 1.165) is 23.2 Å². The molecule has 2 N–H and O–H groups in total. The number of nitrogens with one attached hydrogen (secondary N) is 2. The minimum atomic E-state index is -0.315. The lowest BCUT2D eigenvalue weighted by Crippen LogP contribution is -2.12. The van der Waals surface area contributed by atoms with Gasteiger partial charge in [-0.25, -0.2) is 4.98 Å². The number of aromatic amines is 1. The average molecular weight is 468 g/mol. The Hall–Kier alpha value is -3.58. The number of carbonyl (C=O) groups is 2. The number of aromatic nitrogens is 2. The van der Waals surface area contributed by atoms with E-state index in [0.29, 0.717) is 34.6 Å². The molecule has 8 heteroatoms. The molecule has 0 aliphatic heterocycles. The number of carbonyl (C=O) groups excluding carboxylic acids is 2. The molecule has 1 amide bonds. The van der Waals surface area contributed by atoms with E-state index in [-0.39, 0.29) is 18.3 Å². The van der Waals surface area contributed by atoms with Crippen LogP contribution in [-0.2, 0) is 22.4 Å². The number of anilines is 1. The number of rotatable bonds is 9. The van der Waals surface area contributed by atoms with Crippen molar-refractivity contribution in [3.8, 4) is 11.6 Å². The van der Waals surface area contributed by atoms with Crippen LogP contribution in [0.1, 0.15) is 48.1 Å². The fraction of sp³-hybridized carbons (Fsp3) is 0.240. The van der Waals surface area contributed by atoms with Gasteiger partial charge in [-0.15, -0.1) is 0 Å². The third-order valence-corrected chi connectivity index (χ3v) is 5.05. The summed E-state index contributed by atoms with van der Waals surface area (Å²) in [6, 6.07) is 10.3. The molecule has 1 aromatic carbocycles. The third kappa shape index (κ3) is 6.46. The van der Waals surface area contributed by atoms with E-state index in [9.17, 15) is 9.59 Å². The maximum Gasteiger partial charge on any atom is 0.310 e. The van der Waals surface area contributed by atoms with Crippen molar-refractivity contribution in [2.24, 2.45) is 0 Å². The van der Waals surface area contributed by atoms with E-state index in [4.69, 9.17) is 21.1 Å². The summed E-state index contributed by atoms with van der Waals surface area (Å²) in [7, 11) is 0. The molecule has 0 saturated carbocycles. The quantitative estimate of drug-likeness (QED) is 0.387. The molecule has 2 heterocycles. The van der Waals surface area contributed by atoms with Crippen molar-refractivity contribution >= 4 is 35.2 Å². The highest BCUT2D eigenvalue weighted by Crippen LogP contribution is 2.30. The van der Waals surface area contributed by atoms with E-state index in [1.54, 1.807) is 37.3 Å². The minimum Gasteiger partial charge on any atom is -0.466 e. The molecule has 0 fully saturated rings. The van der Waals surface area contributed by atoms with Crippen molar-refractivity contribution in [1.29, 1.82) is 0 Å². The van der Waals surface area contributed by atoms with Gasteiger partial charge in [0.15, 0.2) is 0 Å². The zero-order valence-corrected chi connectivity index (χ0v) is 19.5. The average Bonchev–Trinajstić information content (AvgIpc) is 3.20. The van der Waals surface area contributed by atoms with Crippen LogP contribution in [0.5, 0.6) is 11.6 Å². The number of amides is 1. The number of pyridine rings is 1. The Bertz CT molecular complexity index is 1150. The maximum atomic E-state index is 12.6. The van der Waals surface area contributed by atoms with Crippen LogP contribution in [0.2, 0.25) is 5.02 Å². The summed E-state index contributed by atoms with van der Waals surface area (Å²) < 4.78 is 10.7. The van der Waals surface area contributed by atoms with Crippen LogP contribution >= 0.6 is 11.6 Å². The van der Waals surface area contributed by atoms with Crippen molar-refractivity contribution < 1.29 is 19.1 Å². The zero-order valence-electron chi connectivity index (χ0n) is 18.8. The van der Waals surface area contributed by atoms with E-state index in [2.05, 4.69) is 15.3 Å². The Morgan fingerprint density at radius 3 is 2.64 bits per heavy atom. The largest absolute Gasteiger partial charge is 0.466 e. The lowest BCUT2D eigenvalue weighted by Gasteiger charge is -2.09. The van der Waals surface area contributed by atoms with E-state index in [1.165, 1.54) is 6.20 Å². The summed E-state index contributed by atoms with van der Waals surface area (Å²) >= 11 is 6.29. The standard InChI is InChI=1S/C25H26ClN3O4/c1-4-7-20-17(5-2)14-21(29-20)25(31)28-18-9-11-23(27-15-18)33-22-10-8-16(12-19(22)26)13-24(30)32-6-3/h4,7-12,14-15,29H,5-6,13H2,1-3H3,(H,28,31)/b7-4-. The molecule has 0 spiro atoms. The Labute approximate surface area is 197 Å². The number of ether oxygens (including phenoxy) is 2. The highest BCUT2D eigenvalue weighted by molar-refractivity contribution is 6.32. The molecule has 7 nitrogen and oxygen atoms in total. The molecule has 0 radical (unpaired) electrons. The van der Waals surface area contributed by atoms with Gasteiger partial charge in [0.1, 0.15) is 11.4 Å². The predicted octanol–water partition coefficient (Wildman–Crippen LogP) is 5.81. The molecule has 0 saturated heterocycles. The molecule has 0 atom stereocenters. The Morgan fingerprint density at radius 1 is 1.18 bits per heavy atom. The van der Waals surface area contributed by atoms with Crippen LogP contribution in [0.3, 0.4) is 0 Å². The normalized spacial score (nSPS) is 10.9. The first-order valence-corrected chi connectivity index (χ1v) is 11.0. The first kappa shape index (κ1) is 24.1. The van der Waals surface area contributed by atoms with Crippen LogP contribution < -0.4 is 10.1 Å². The Kier molecular flexibility index (Phi) is 8.27. The van der Waals surface area contributed by atoms with Crippen LogP contribution in [0.25, 0.3) is 6.08 Å². The summed E-state index contributed by atoms with van der Waals surface area (Å²) in [5.74, 6) is 0.154. The highest BCUT2D eigenvalue weighted by Gasteiger charge is 2.13. The van der Waals surface area contributed by atoms with Crippen LogP contribution in [-0.4, -0.2) is 28.5 Å². The second kappa shape index (κ2) is 11.3. The Balaban J connectivity index is 1.63. The van der Waals surface area contributed by atoms with Gasteiger partial charge in [-0.3, -0.25) is 9.59 Å². The number of nitrogens with zero attached hydrogens (tertiary/aromatic N) is 1. The molecule has 3 rings (SSSR count). The van der Waals surface area contributed by atoms with Crippen molar-refractivity contribution in [2.45, 2.75) is 33.6 Å². The monoisotopic (exact) mass is 467 g/mol. The zero-order chi connectivity index (χ0) is 23.8. The van der Waals surface area contributed by atoms with Crippen molar-refractivity contribution in [3.63, 3.8) is 0 Å². The number of esters is 1. The highest BCUT2D eigenvalue weighted by atomic mass is 35.5. The first-order chi connectivity index (χ1) is 15.9. The number of hydrogen-bond acceptors (Lipinski definition) is 5. The van der Waals surface area contributed by atoms with Crippen LogP contribution in [0, 0.1) is 0 Å². The van der Waals surface area contributed by atoms with E-state index >= 15 is 0 Å². The van der Waals surface area contributed by atoms with Gasteiger partial charge in [0.05, 0.1) is 29.9 Å².